The van der Waals surface area contributed by atoms with Crippen LogP contribution in [0.2, 0.25) is 0 Å². The van der Waals surface area contributed by atoms with Gasteiger partial charge < -0.3 is 25.0 Å². The Hall–Kier alpha value is -1.34. The number of rotatable bonds is 6. The van der Waals surface area contributed by atoms with Crippen molar-refractivity contribution in [3.05, 3.63) is 0 Å². The van der Waals surface area contributed by atoms with E-state index >= 15 is 0 Å². The molecule has 116 valence electrons. The Morgan fingerprint density at radius 3 is 2.55 bits per heavy atom. The normalized spacial score (nSPS) is 25.8. The summed E-state index contributed by atoms with van der Waals surface area (Å²) in [6.07, 6.45) is 0.869. The van der Waals surface area contributed by atoms with E-state index in [9.17, 15) is 14.7 Å². The van der Waals surface area contributed by atoms with Gasteiger partial charge in [0.1, 0.15) is 5.41 Å². The fourth-order valence-electron chi connectivity index (χ4n) is 2.07. The highest BCUT2D eigenvalue weighted by Crippen LogP contribution is 2.28. The van der Waals surface area contributed by atoms with E-state index in [0.29, 0.717) is 6.54 Å². The van der Waals surface area contributed by atoms with Crippen LogP contribution in [0.1, 0.15) is 13.3 Å². The molecule has 0 aromatic heterocycles. The molecule has 1 fully saturated rings. The minimum atomic E-state index is -1.06. The lowest BCUT2D eigenvalue weighted by Crippen LogP contribution is -2.52. The molecule has 0 aliphatic carbocycles. The number of nitrogens with one attached hydrogen (secondary N) is 1. The number of hydrogen-bond acceptors (Lipinski definition) is 4. The fraction of sp³-hybridized carbons (Fsp3) is 0.846. The number of aliphatic carboxylic acids is 1. The molecule has 2 N–H and O–H groups in total. The van der Waals surface area contributed by atoms with Crippen LogP contribution in [-0.4, -0.2) is 80.4 Å². The van der Waals surface area contributed by atoms with Gasteiger partial charge in [0.25, 0.3) is 0 Å². The van der Waals surface area contributed by atoms with Gasteiger partial charge in [-0.25, -0.2) is 4.79 Å². The third kappa shape index (κ3) is 4.08. The van der Waals surface area contributed by atoms with E-state index in [1.807, 2.05) is 14.1 Å². The first-order valence-corrected chi connectivity index (χ1v) is 6.75. The first-order chi connectivity index (χ1) is 9.27. The van der Waals surface area contributed by atoms with Gasteiger partial charge in [0.15, 0.2) is 0 Å². The third-order valence-electron chi connectivity index (χ3n) is 3.69. The number of urea groups is 1. The SMILES string of the molecule is CN(C)CCCN(C)C(=O)NC1COCC1(C)C(=O)O. The number of ether oxygens (including phenoxy) is 1. The number of carbonyl (C=O) groups is 2. The fourth-order valence-corrected chi connectivity index (χ4v) is 2.07. The van der Waals surface area contributed by atoms with Crippen LogP contribution in [0.5, 0.6) is 0 Å². The van der Waals surface area contributed by atoms with Crippen molar-refractivity contribution in [1.29, 1.82) is 0 Å². The lowest BCUT2D eigenvalue weighted by Gasteiger charge is -2.28. The molecule has 0 aromatic rings. The predicted octanol–water partition coefficient (Wildman–Crippen LogP) is 0.0692. The number of hydrogen-bond donors (Lipinski definition) is 2. The Morgan fingerprint density at radius 1 is 1.35 bits per heavy atom. The summed E-state index contributed by atoms with van der Waals surface area (Å²) < 4.78 is 5.21. The summed E-state index contributed by atoms with van der Waals surface area (Å²) in [5, 5.41) is 12.0. The smallest absolute Gasteiger partial charge is 0.317 e. The van der Waals surface area contributed by atoms with Gasteiger partial charge in [0, 0.05) is 13.6 Å². The van der Waals surface area contributed by atoms with Crippen molar-refractivity contribution >= 4 is 12.0 Å². The van der Waals surface area contributed by atoms with E-state index in [2.05, 4.69) is 10.2 Å². The summed E-state index contributed by atoms with van der Waals surface area (Å²) in [5.74, 6) is -0.949. The van der Waals surface area contributed by atoms with Crippen LogP contribution in [0.4, 0.5) is 4.79 Å². The average molecular weight is 287 g/mol. The molecule has 1 aliphatic heterocycles. The highest BCUT2D eigenvalue weighted by Gasteiger charge is 2.47. The van der Waals surface area contributed by atoms with Crippen LogP contribution >= 0.6 is 0 Å². The van der Waals surface area contributed by atoms with Gasteiger partial charge in [-0.3, -0.25) is 4.79 Å². The van der Waals surface area contributed by atoms with Gasteiger partial charge in [-0.1, -0.05) is 0 Å². The quantitative estimate of drug-likeness (QED) is 0.722. The van der Waals surface area contributed by atoms with Crippen molar-refractivity contribution in [2.75, 3.05) is 47.4 Å². The molecule has 1 aliphatic rings. The first kappa shape index (κ1) is 16.7. The van der Waals surface area contributed by atoms with E-state index in [4.69, 9.17) is 4.74 Å². The Bertz CT molecular complexity index is 362. The molecule has 0 saturated carbocycles. The lowest BCUT2D eigenvalue weighted by atomic mass is 9.85. The molecule has 2 atom stereocenters. The lowest BCUT2D eigenvalue weighted by molar-refractivity contribution is -0.148. The first-order valence-electron chi connectivity index (χ1n) is 6.75. The van der Waals surface area contributed by atoms with E-state index in [0.717, 1.165) is 13.0 Å². The monoisotopic (exact) mass is 287 g/mol. The standard InChI is InChI=1S/C13H25N3O4/c1-13(11(17)18)9-20-8-10(13)14-12(19)16(4)7-5-6-15(2)3/h10H,5-9H2,1-4H3,(H,14,19)(H,17,18). The van der Waals surface area contributed by atoms with Gasteiger partial charge in [0.2, 0.25) is 0 Å². The van der Waals surface area contributed by atoms with Crippen molar-refractivity contribution in [3.63, 3.8) is 0 Å². The van der Waals surface area contributed by atoms with Gasteiger partial charge >= 0.3 is 12.0 Å². The molecule has 2 unspecified atom stereocenters. The second kappa shape index (κ2) is 6.90. The minimum absolute atomic E-state index is 0.123. The van der Waals surface area contributed by atoms with Gasteiger partial charge in [0.05, 0.1) is 19.3 Å². The molecule has 7 heteroatoms. The maximum Gasteiger partial charge on any atom is 0.317 e. The Morgan fingerprint density at radius 2 is 2.00 bits per heavy atom. The Balaban J connectivity index is 2.47. The molecule has 7 nitrogen and oxygen atoms in total. The highest BCUT2D eigenvalue weighted by atomic mass is 16.5. The summed E-state index contributed by atoms with van der Waals surface area (Å²) >= 11 is 0. The minimum Gasteiger partial charge on any atom is -0.481 e. The summed E-state index contributed by atoms with van der Waals surface area (Å²) in [5.41, 5.74) is -1.06. The molecule has 1 rings (SSSR count). The summed E-state index contributed by atoms with van der Waals surface area (Å²) in [7, 11) is 5.67. The molecular formula is C13H25N3O4. The molecule has 1 saturated heterocycles. The van der Waals surface area contributed by atoms with E-state index < -0.39 is 17.4 Å². The molecule has 20 heavy (non-hydrogen) atoms. The molecule has 0 aromatic carbocycles. The number of amides is 2. The maximum atomic E-state index is 12.0. The molecule has 1 heterocycles. The molecule has 0 spiro atoms. The molecule has 0 radical (unpaired) electrons. The van der Waals surface area contributed by atoms with Crippen molar-refractivity contribution in [2.45, 2.75) is 19.4 Å². The van der Waals surface area contributed by atoms with E-state index in [1.54, 1.807) is 18.9 Å². The second-order valence-electron chi connectivity index (χ2n) is 5.82. The Kier molecular flexibility index (Phi) is 5.76. The number of carboxylic acids is 1. The Labute approximate surface area is 119 Å². The second-order valence-corrected chi connectivity index (χ2v) is 5.82. The van der Waals surface area contributed by atoms with Crippen LogP contribution in [0, 0.1) is 5.41 Å². The van der Waals surface area contributed by atoms with E-state index in [-0.39, 0.29) is 19.2 Å². The van der Waals surface area contributed by atoms with Gasteiger partial charge in [-0.2, -0.15) is 0 Å². The van der Waals surface area contributed by atoms with Gasteiger partial charge in [-0.15, -0.1) is 0 Å². The predicted molar refractivity (Wildman–Crippen MR) is 74.7 cm³/mol. The highest BCUT2D eigenvalue weighted by molar-refractivity contribution is 5.79. The van der Waals surface area contributed by atoms with Crippen molar-refractivity contribution in [3.8, 4) is 0 Å². The summed E-state index contributed by atoms with van der Waals surface area (Å²) in [6, 6.07) is -0.754. The van der Waals surface area contributed by atoms with Crippen LogP contribution in [-0.2, 0) is 9.53 Å². The van der Waals surface area contributed by atoms with Crippen molar-refractivity contribution in [1.82, 2.24) is 15.1 Å². The zero-order chi connectivity index (χ0) is 15.3. The van der Waals surface area contributed by atoms with Crippen LogP contribution < -0.4 is 5.32 Å². The zero-order valence-electron chi connectivity index (χ0n) is 12.7. The average Bonchev–Trinajstić information content (AvgIpc) is 2.71. The zero-order valence-corrected chi connectivity index (χ0v) is 12.7. The number of carbonyl (C=O) groups excluding carboxylic acids is 1. The molecular weight excluding hydrogens is 262 g/mol. The summed E-state index contributed by atoms with van der Waals surface area (Å²) in [6.45, 7) is 3.48. The van der Waals surface area contributed by atoms with Crippen molar-refractivity contribution in [2.24, 2.45) is 5.41 Å². The molecule has 2 amide bonds. The maximum absolute atomic E-state index is 12.0. The molecule has 0 bridgehead atoms. The summed E-state index contributed by atoms with van der Waals surface area (Å²) in [4.78, 5) is 26.9. The largest absolute Gasteiger partial charge is 0.481 e. The third-order valence-corrected chi connectivity index (χ3v) is 3.69. The topological polar surface area (TPSA) is 82.1 Å². The van der Waals surface area contributed by atoms with Gasteiger partial charge in [-0.05, 0) is 34.0 Å². The van der Waals surface area contributed by atoms with E-state index in [1.165, 1.54) is 0 Å². The van der Waals surface area contributed by atoms with Crippen LogP contribution in [0.3, 0.4) is 0 Å². The number of nitrogens with zero attached hydrogens (tertiary/aromatic N) is 2. The van der Waals surface area contributed by atoms with Crippen LogP contribution in [0.15, 0.2) is 0 Å². The van der Waals surface area contributed by atoms with Crippen molar-refractivity contribution < 1.29 is 19.4 Å². The number of carboxylic acid groups (broad SMARTS) is 1. The van der Waals surface area contributed by atoms with Crippen LogP contribution in [0.25, 0.3) is 0 Å².